The summed E-state index contributed by atoms with van der Waals surface area (Å²) < 4.78 is 23.1. The highest BCUT2D eigenvalue weighted by Crippen LogP contribution is 2.39. The Hall–Kier alpha value is -0.130. The van der Waals surface area contributed by atoms with Crippen LogP contribution in [0.25, 0.3) is 0 Å². The molecule has 0 aromatic rings. The number of nitrogens with zero attached hydrogens (tertiary/aromatic N) is 1. The van der Waals surface area contributed by atoms with Gasteiger partial charge in [0.05, 0.1) is 11.5 Å². The van der Waals surface area contributed by atoms with Crippen molar-refractivity contribution >= 4 is 9.84 Å². The lowest BCUT2D eigenvalue weighted by Crippen LogP contribution is -2.54. The van der Waals surface area contributed by atoms with E-state index in [2.05, 4.69) is 17.3 Å². The van der Waals surface area contributed by atoms with E-state index in [0.717, 1.165) is 12.8 Å². The largest absolute Gasteiger partial charge is 0.317 e. The van der Waals surface area contributed by atoms with E-state index < -0.39 is 9.84 Å². The quantitative estimate of drug-likeness (QED) is 0.807. The molecule has 3 saturated heterocycles. The zero-order chi connectivity index (χ0) is 12.8. The lowest BCUT2D eigenvalue weighted by Gasteiger charge is -2.44. The second-order valence-electron chi connectivity index (χ2n) is 6.17. The van der Waals surface area contributed by atoms with E-state index in [0.29, 0.717) is 35.7 Å². The Bertz CT molecular complexity index is 381. The van der Waals surface area contributed by atoms with Gasteiger partial charge < -0.3 is 5.32 Å². The van der Waals surface area contributed by atoms with E-state index in [1.54, 1.807) is 0 Å². The minimum absolute atomic E-state index is 0.406. The van der Waals surface area contributed by atoms with Crippen LogP contribution in [0.15, 0.2) is 0 Å². The smallest absolute Gasteiger partial charge is 0.150 e. The molecule has 0 saturated carbocycles. The van der Waals surface area contributed by atoms with E-state index >= 15 is 0 Å². The third-order valence-corrected chi connectivity index (χ3v) is 6.86. The van der Waals surface area contributed by atoms with Gasteiger partial charge in [0.2, 0.25) is 0 Å². The van der Waals surface area contributed by atoms with Crippen molar-refractivity contribution in [2.24, 2.45) is 0 Å². The van der Waals surface area contributed by atoms with Crippen LogP contribution in [-0.2, 0) is 9.84 Å². The van der Waals surface area contributed by atoms with Gasteiger partial charge >= 0.3 is 0 Å². The predicted molar refractivity (Wildman–Crippen MR) is 72.4 cm³/mol. The molecule has 2 bridgehead atoms. The van der Waals surface area contributed by atoms with Gasteiger partial charge in [-0.1, -0.05) is 0 Å². The third kappa shape index (κ3) is 2.32. The summed E-state index contributed by atoms with van der Waals surface area (Å²) in [6.45, 7) is 0. The van der Waals surface area contributed by atoms with Crippen LogP contribution in [0.1, 0.15) is 38.5 Å². The van der Waals surface area contributed by atoms with Gasteiger partial charge in [-0.05, 0) is 45.6 Å². The average molecular weight is 272 g/mol. The van der Waals surface area contributed by atoms with Gasteiger partial charge in [-0.25, -0.2) is 8.42 Å². The number of hydrogen-bond donors (Lipinski definition) is 1. The van der Waals surface area contributed by atoms with Crippen molar-refractivity contribution in [3.8, 4) is 0 Å². The molecule has 3 aliphatic heterocycles. The molecule has 0 aromatic carbocycles. The van der Waals surface area contributed by atoms with Crippen LogP contribution in [0, 0.1) is 0 Å². The van der Waals surface area contributed by atoms with Crippen molar-refractivity contribution in [1.29, 1.82) is 0 Å². The Morgan fingerprint density at radius 1 is 0.944 bits per heavy atom. The number of sulfone groups is 1. The molecule has 0 amide bonds. The maximum atomic E-state index is 11.5. The number of nitrogens with one attached hydrogen (secondary N) is 1. The van der Waals surface area contributed by atoms with Gasteiger partial charge in [0.1, 0.15) is 9.84 Å². The molecule has 3 fully saturated rings. The van der Waals surface area contributed by atoms with Crippen LogP contribution in [0.2, 0.25) is 0 Å². The summed E-state index contributed by atoms with van der Waals surface area (Å²) in [5.41, 5.74) is 0. The van der Waals surface area contributed by atoms with Crippen molar-refractivity contribution in [1.82, 2.24) is 10.2 Å². The van der Waals surface area contributed by atoms with Crippen LogP contribution < -0.4 is 5.32 Å². The predicted octanol–water partition coefficient (Wildman–Crippen LogP) is 0.778. The van der Waals surface area contributed by atoms with E-state index in [9.17, 15) is 8.42 Å². The topological polar surface area (TPSA) is 49.4 Å². The molecule has 3 aliphatic rings. The summed E-state index contributed by atoms with van der Waals surface area (Å²) in [4.78, 5) is 2.68. The van der Waals surface area contributed by atoms with E-state index in [1.807, 2.05) is 0 Å². The highest BCUT2D eigenvalue weighted by molar-refractivity contribution is 7.91. The standard InChI is InChI=1S/C13H24N2O2S/c1-14-10-8-12-2-3-13(9-10)15(12)11-4-6-18(16,17)7-5-11/h10-14H,2-9H2,1H3. The summed E-state index contributed by atoms with van der Waals surface area (Å²) in [5.74, 6) is 0.812. The Morgan fingerprint density at radius 3 is 2.00 bits per heavy atom. The summed E-state index contributed by atoms with van der Waals surface area (Å²) >= 11 is 0. The monoisotopic (exact) mass is 272 g/mol. The normalized spacial score (nSPS) is 41.1. The minimum atomic E-state index is -2.72. The molecule has 3 heterocycles. The Labute approximate surface area is 110 Å². The molecular weight excluding hydrogens is 248 g/mol. The maximum absolute atomic E-state index is 11.5. The van der Waals surface area contributed by atoms with Crippen molar-refractivity contribution in [3.05, 3.63) is 0 Å². The molecule has 104 valence electrons. The highest BCUT2D eigenvalue weighted by Gasteiger charge is 2.44. The van der Waals surface area contributed by atoms with Crippen LogP contribution in [0.3, 0.4) is 0 Å². The first-order valence-corrected chi connectivity index (χ1v) is 9.06. The first-order chi connectivity index (χ1) is 8.59. The molecule has 0 radical (unpaired) electrons. The highest BCUT2D eigenvalue weighted by atomic mass is 32.2. The van der Waals surface area contributed by atoms with Crippen LogP contribution in [0.5, 0.6) is 0 Å². The minimum Gasteiger partial charge on any atom is -0.317 e. The third-order valence-electron chi connectivity index (χ3n) is 5.14. The van der Waals surface area contributed by atoms with E-state index in [1.165, 1.54) is 25.7 Å². The zero-order valence-electron chi connectivity index (χ0n) is 11.1. The Kier molecular flexibility index (Phi) is 3.41. The second kappa shape index (κ2) is 4.76. The van der Waals surface area contributed by atoms with E-state index in [-0.39, 0.29) is 0 Å². The summed E-state index contributed by atoms with van der Waals surface area (Å²) in [7, 11) is -0.661. The van der Waals surface area contributed by atoms with Crippen LogP contribution >= 0.6 is 0 Å². The van der Waals surface area contributed by atoms with Gasteiger partial charge in [0.15, 0.2) is 0 Å². The number of hydrogen-bond acceptors (Lipinski definition) is 4. The number of fused-ring (bicyclic) bond motifs is 2. The molecular formula is C13H24N2O2S. The van der Waals surface area contributed by atoms with Crippen LogP contribution in [0.4, 0.5) is 0 Å². The van der Waals surface area contributed by atoms with Gasteiger partial charge in [-0.2, -0.15) is 0 Å². The van der Waals surface area contributed by atoms with Gasteiger partial charge in [-0.15, -0.1) is 0 Å². The van der Waals surface area contributed by atoms with E-state index in [4.69, 9.17) is 0 Å². The molecule has 3 rings (SSSR count). The SMILES string of the molecule is CNC1CC2CCC(C1)N2C1CCS(=O)(=O)CC1. The molecule has 0 spiro atoms. The fourth-order valence-electron chi connectivity index (χ4n) is 4.22. The van der Waals surface area contributed by atoms with Crippen molar-refractivity contribution in [3.63, 3.8) is 0 Å². The first kappa shape index (κ1) is 12.9. The van der Waals surface area contributed by atoms with Gasteiger partial charge in [0, 0.05) is 24.2 Å². The van der Waals surface area contributed by atoms with Crippen molar-refractivity contribution < 1.29 is 8.42 Å². The molecule has 4 nitrogen and oxygen atoms in total. The zero-order valence-corrected chi connectivity index (χ0v) is 12.0. The summed E-state index contributed by atoms with van der Waals surface area (Å²) in [6.07, 6.45) is 6.84. The van der Waals surface area contributed by atoms with Crippen molar-refractivity contribution in [2.75, 3.05) is 18.6 Å². The van der Waals surface area contributed by atoms with Gasteiger partial charge in [0.25, 0.3) is 0 Å². The second-order valence-corrected chi connectivity index (χ2v) is 8.48. The lowest BCUT2D eigenvalue weighted by atomic mass is 9.94. The molecule has 2 atom stereocenters. The molecule has 0 aromatic heterocycles. The molecule has 0 aliphatic carbocycles. The average Bonchev–Trinajstić information content (AvgIpc) is 2.60. The lowest BCUT2D eigenvalue weighted by molar-refractivity contribution is 0.0662. The fraction of sp³-hybridized carbons (Fsp3) is 1.00. The van der Waals surface area contributed by atoms with Gasteiger partial charge in [-0.3, -0.25) is 4.90 Å². The molecule has 1 N–H and O–H groups in total. The Balaban J connectivity index is 1.68. The summed E-state index contributed by atoms with van der Waals surface area (Å²) in [5, 5.41) is 3.42. The van der Waals surface area contributed by atoms with Crippen molar-refractivity contribution in [2.45, 2.75) is 62.7 Å². The number of piperidine rings is 1. The molecule has 2 unspecified atom stereocenters. The fourth-order valence-corrected chi connectivity index (χ4v) is 5.69. The first-order valence-electron chi connectivity index (χ1n) is 7.24. The number of rotatable bonds is 2. The molecule has 18 heavy (non-hydrogen) atoms. The summed E-state index contributed by atoms with van der Waals surface area (Å²) in [6, 6.07) is 2.61. The molecule has 5 heteroatoms. The Morgan fingerprint density at radius 2 is 1.50 bits per heavy atom. The maximum Gasteiger partial charge on any atom is 0.150 e. The van der Waals surface area contributed by atoms with Crippen LogP contribution in [-0.4, -0.2) is 56.0 Å².